The van der Waals surface area contributed by atoms with Crippen LogP contribution in [-0.4, -0.2) is 36.5 Å². The summed E-state index contributed by atoms with van der Waals surface area (Å²) < 4.78 is 8.53. The lowest BCUT2D eigenvalue weighted by molar-refractivity contribution is 0.518. The molecule has 1 N–H and O–H groups in total. The molecule has 3 aromatic heterocycles. The Labute approximate surface area is 174 Å². The van der Waals surface area contributed by atoms with E-state index >= 15 is 0 Å². The van der Waals surface area contributed by atoms with Crippen LogP contribution in [0.4, 0.5) is 5.13 Å². The standard InChI is InChI=1S/C18H16N6OS3/c1-2-5-12(6-3-1)15-20-22-17-24(15)13(10-26-17)11-27-18-23-21-16(28-18)19-9-14-7-4-8-25-14/h1-8,13H,9-11H2,(H,19,21)/t13-/m1/s1. The van der Waals surface area contributed by atoms with Crippen molar-refractivity contribution < 1.29 is 4.42 Å². The molecular weight excluding hydrogens is 412 g/mol. The third kappa shape index (κ3) is 3.67. The minimum Gasteiger partial charge on any atom is -0.467 e. The Hall–Kier alpha value is -2.30. The Balaban J connectivity index is 1.24. The number of nitrogens with zero attached hydrogens (tertiary/aromatic N) is 5. The van der Waals surface area contributed by atoms with Crippen molar-refractivity contribution >= 4 is 40.0 Å². The highest BCUT2D eigenvalue weighted by atomic mass is 32.2. The first-order valence-corrected chi connectivity index (χ1v) is 11.5. The van der Waals surface area contributed by atoms with E-state index in [1.165, 1.54) is 0 Å². The molecule has 4 heterocycles. The van der Waals surface area contributed by atoms with Crippen molar-refractivity contribution in [2.24, 2.45) is 0 Å². The highest BCUT2D eigenvalue weighted by Gasteiger charge is 2.28. The molecule has 4 aromatic rings. The third-order valence-corrected chi connectivity index (χ3v) is 7.51. The third-order valence-electron chi connectivity index (χ3n) is 4.27. The first kappa shape index (κ1) is 17.8. The number of fused-ring (bicyclic) bond motifs is 1. The zero-order valence-corrected chi connectivity index (χ0v) is 17.1. The van der Waals surface area contributed by atoms with Crippen molar-refractivity contribution in [1.29, 1.82) is 0 Å². The Kier molecular flexibility index (Phi) is 5.06. The largest absolute Gasteiger partial charge is 0.467 e. The van der Waals surface area contributed by atoms with E-state index in [9.17, 15) is 0 Å². The van der Waals surface area contributed by atoms with Gasteiger partial charge in [-0.15, -0.1) is 20.4 Å². The van der Waals surface area contributed by atoms with Crippen LogP contribution in [0.25, 0.3) is 11.4 Å². The van der Waals surface area contributed by atoms with Gasteiger partial charge in [0.1, 0.15) is 5.76 Å². The van der Waals surface area contributed by atoms with Gasteiger partial charge >= 0.3 is 0 Å². The van der Waals surface area contributed by atoms with Crippen molar-refractivity contribution in [3.8, 4) is 11.4 Å². The molecule has 0 fully saturated rings. The SMILES string of the molecule is c1ccc(-c2nnc3n2[C@@H](CSc2nnc(NCc4ccco4)s2)CS3)cc1. The van der Waals surface area contributed by atoms with Gasteiger partial charge < -0.3 is 9.73 Å². The Morgan fingerprint density at radius 3 is 2.89 bits per heavy atom. The van der Waals surface area contributed by atoms with E-state index in [0.29, 0.717) is 12.6 Å². The van der Waals surface area contributed by atoms with Crippen molar-refractivity contribution in [3.05, 3.63) is 54.5 Å². The van der Waals surface area contributed by atoms with Crippen LogP contribution in [0.5, 0.6) is 0 Å². The minimum atomic E-state index is 0.332. The molecule has 0 radical (unpaired) electrons. The van der Waals surface area contributed by atoms with Crippen molar-refractivity contribution in [2.75, 3.05) is 16.8 Å². The molecule has 1 aliphatic rings. The molecule has 28 heavy (non-hydrogen) atoms. The molecule has 1 aliphatic heterocycles. The maximum Gasteiger partial charge on any atom is 0.206 e. The van der Waals surface area contributed by atoms with Crippen molar-refractivity contribution in [1.82, 2.24) is 25.0 Å². The van der Waals surface area contributed by atoms with Gasteiger partial charge in [-0.25, -0.2) is 0 Å². The molecule has 7 nitrogen and oxygen atoms in total. The number of anilines is 1. The first-order valence-electron chi connectivity index (χ1n) is 8.72. The van der Waals surface area contributed by atoms with Gasteiger partial charge in [0.05, 0.1) is 18.8 Å². The van der Waals surface area contributed by atoms with E-state index in [0.717, 1.165) is 43.3 Å². The average Bonchev–Trinajstić information content (AvgIpc) is 3.51. The summed E-state index contributed by atoms with van der Waals surface area (Å²) in [4.78, 5) is 0. The van der Waals surface area contributed by atoms with Crippen LogP contribution in [0.1, 0.15) is 11.8 Å². The van der Waals surface area contributed by atoms with Gasteiger partial charge in [-0.1, -0.05) is 65.2 Å². The van der Waals surface area contributed by atoms with Gasteiger partial charge in [0.2, 0.25) is 5.13 Å². The molecule has 142 valence electrons. The summed E-state index contributed by atoms with van der Waals surface area (Å²) in [6, 6.07) is 14.4. The van der Waals surface area contributed by atoms with Crippen LogP contribution < -0.4 is 5.32 Å². The summed E-state index contributed by atoms with van der Waals surface area (Å²) in [6.45, 7) is 0.607. The van der Waals surface area contributed by atoms with E-state index < -0.39 is 0 Å². The van der Waals surface area contributed by atoms with Crippen molar-refractivity contribution in [2.45, 2.75) is 22.1 Å². The van der Waals surface area contributed by atoms with E-state index in [1.54, 1.807) is 41.1 Å². The quantitative estimate of drug-likeness (QED) is 0.433. The zero-order chi connectivity index (χ0) is 18.8. The molecule has 0 amide bonds. The Morgan fingerprint density at radius 2 is 2.04 bits per heavy atom. The average molecular weight is 429 g/mol. The number of hydrogen-bond donors (Lipinski definition) is 1. The number of rotatable bonds is 7. The molecule has 0 unspecified atom stereocenters. The maximum absolute atomic E-state index is 5.32. The monoisotopic (exact) mass is 428 g/mol. The van der Waals surface area contributed by atoms with Crippen LogP contribution in [0.3, 0.4) is 0 Å². The molecule has 1 aromatic carbocycles. The predicted molar refractivity (Wildman–Crippen MR) is 112 cm³/mol. The normalized spacial score (nSPS) is 15.6. The lowest BCUT2D eigenvalue weighted by Gasteiger charge is -2.13. The number of thioether (sulfide) groups is 2. The van der Waals surface area contributed by atoms with Crippen LogP contribution >= 0.6 is 34.9 Å². The number of furan rings is 1. The van der Waals surface area contributed by atoms with Crippen LogP contribution in [0.15, 0.2) is 62.6 Å². The second-order valence-electron chi connectivity index (χ2n) is 6.12. The number of nitrogens with one attached hydrogen (secondary N) is 1. The van der Waals surface area contributed by atoms with Crippen LogP contribution in [-0.2, 0) is 6.54 Å². The highest BCUT2D eigenvalue weighted by molar-refractivity contribution is 8.01. The molecule has 0 saturated carbocycles. The molecule has 0 bridgehead atoms. The fourth-order valence-electron chi connectivity index (χ4n) is 2.94. The molecule has 0 saturated heterocycles. The number of aromatic nitrogens is 5. The summed E-state index contributed by atoms with van der Waals surface area (Å²) >= 11 is 5.05. The topological polar surface area (TPSA) is 81.7 Å². The van der Waals surface area contributed by atoms with E-state index in [1.807, 2.05) is 30.3 Å². The lowest BCUT2D eigenvalue weighted by Crippen LogP contribution is -2.11. The fraction of sp³-hybridized carbons (Fsp3) is 0.222. The Bertz CT molecular complexity index is 1050. The second-order valence-corrected chi connectivity index (χ2v) is 9.36. The highest BCUT2D eigenvalue weighted by Crippen LogP contribution is 2.39. The maximum atomic E-state index is 5.32. The second kappa shape index (κ2) is 7.98. The minimum absolute atomic E-state index is 0.332. The smallest absolute Gasteiger partial charge is 0.206 e. The fourth-order valence-corrected chi connectivity index (χ4v) is 6.02. The van der Waals surface area contributed by atoms with Gasteiger partial charge in [0.25, 0.3) is 0 Å². The Morgan fingerprint density at radius 1 is 1.11 bits per heavy atom. The van der Waals surface area contributed by atoms with Crippen molar-refractivity contribution in [3.63, 3.8) is 0 Å². The molecule has 1 atom stereocenters. The van der Waals surface area contributed by atoms with E-state index in [-0.39, 0.29) is 0 Å². The summed E-state index contributed by atoms with van der Waals surface area (Å²) in [7, 11) is 0. The van der Waals surface area contributed by atoms with Gasteiger partial charge in [-0.2, -0.15) is 0 Å². The lowest BCUT2D eigenvalue weighted by atomic mass is 10.2. The molecular formula is C18H16N6OS3. The number of hydrogen-bond acceptors (Lipinski definition) is 9. The summed E-state index contributed by atoms with van der Waals surface area (Å²) in [5, 5.41) is 22.3. The van der Waals surface area contributed by atoms with Gasteiger partial charge in [-0.3, -0.25) is 4.57 Å². The molecule has 10 heteroatoms. The zero-order valence-electron chi connectivity index (χ0n) is 14.7. The van der Waals surface area contributed by atoms with Crippen LogP contribution in [0.2, 0.25) is 0 Å². The first-order chi connectivity index (χ1) is 13.9. The van der Waals surface area contributed by atoms with E-state index in [4.69, 9.17) is 4.42 Å². The predicted octanol–water partition coefficient (Wildman–Crippen LogP) is 4.44. The molecule has 0 aliphatic carbocycles. The van der Waals surface area contributed by atoms with Gasteiger partial charge in [0, 0.05) is 17.1 Å². The number of benzene rings is 1. The van der Waals surface area contributed by atoms with Crippen LogP contribution in [0, 0.1) is 0 Å². The van der Waals surface area contributed by atoms with E-state index in [2.05, 4.69) is 42.4 Å². The molecule has 5 rings (SSSR count). The van der Waals surface area contributed by atoms with Gasteiger partial charge in [-0.05, 0) is 12.1 Å². The van der Waals surface area contributed by atoms with Gasteiger partial charge in [0.15, 0.2) is 15.3 Å². The summed E-state index contributed by atoms with van der Waals surface area (Å²) in [5.74, 6) is 3.72. The summed E-state index contributed by atoms with van der Waals surface area (Å²) in [6.07, 6.45) is 1.67. The molecule has 0 spiro atoms. The summed E-state index contributed by atoms with van der Waals surface area (Å²) in [5.41, 5.74) is 1.10.